The van der Waals surface area contributed by atoms with E-state index in [0.717, 1.165) is 16.7 Å². The van der Waals surface area contributed by atoms with E-state index < -0.39 is 0 Å². The molecule has 2 aromatic rings. The molecule has 28 heavy (non-hydrogen) atoms. The van der Waals surface area contributed by atoms with Crippen LogP contribution in [0.2, 0.25) is 0 Å². The minimum atomic E-state index is -0.271. The monoisotopic (exact) mass is 382 g/mol. The maximum absolute atomic E-state index is 12.1. The molecule has 1 amide bonds. The lowest BCUT2D eigenvalue weighted by atomic mass is 9.78. The highest BCUT2D eigenvalue weighted by molar-refractivity contribution is 5.84. The first-order valence-corrected chi connectivity index (χ1v) is 9.35. The Balaban J connectivity index is 2.21. The van der Waals surface area contributed by atoms with E-state index in [4.69, 9.17) is 0 Å². The molecule has 0 saturated carbocycles. The lowest BCUT2D eigenvalue weighted by Crippen LogP contribution is -2.20. The number of nitrogens with one attached hydrogen (secondary N) is 1. The van der Waals surface area contributed by atoms with Crippen molar-refractivity contribution >= 4 is 12.1 Å². The molecule has 0 fully saturated rings. The second-order valence-corrected chi connectivity index (χ2v) is 9.10. The summed E-state index contributed by atoms with van der Waals surface area (Å²) in [6.45, 7) is 12.3. The van der Waals surface area contributed by atoms with E-state index in [2.05, 4.69) is 10.5 Å². The van der Waals surface area contributed by atoms with Gasteiger partial charge >= 0.3 is 0 Å². The number of amides is 1. The third-order valence-corrected chi connectivity index (χ3v) is 4.43. The third-order valence-electron chi connectivity index (χ3n) is 4.43. The molecule has 0 aliphatic heterocycles. The second-order valence-electron chi connectivity index (χ2n) is 9.10. The number of hydrazone groups is 1. The van der Waals surface area contributed by atoms with Gasteiger partial charge in [0, 0.05) is 11.1 Å². The van der Waals surface area contributed by atoms with Gasteiger partial charge in [-0.15, -0.1) is 0 Å². The van der Waals surface area contributed by atoms with Gasteiger partial charge in [-0.1, -0.05) is 53.7 Å². The summed E-state index contributed by atoms with van der Waals surface area (Å²) in [4.78, 5) is 12.1. The van der Waals surface area contributed by atoms with Crippen molar-refractivity contribution in [1.82, 2.24) is 5.43 Å². The fourth-order valence-corrected chi connectivity index (χ4v) is 2.94. The van der Waals surface area contributed by atoms with E-state index in [1.54, 1.807) is 30.5 Å². The van der Waals surface area contributed by atoms with Gasteiger partial charge in [-0.05, 0) is 46.2 Å². The van der Waals surface area contributed by atoms with Crippen LogP contribution in [0.3, 0.4) is 0 Å². The van der Waals surface area contributed by atoms with Crippen molar-refractivity contribution in [3.63, 3.8) is 0 Å². The highest BCUT2D eigenvalue weighted by atomic mass is 16.3. The number of hydrogen-bond donors (Lipinski definition) is 3. The zero-order valence-electron chi connectivity index (χ0n) is 17.5. The van der Waals surface area contributed by atoms with Crippen LogP contribution in [0.5, 0.6) is 11.5 Å². The topological polar surface area (TPSA) is 81.9 Å². The van der Waals surface area contributed by atoms with Crippen LogP contribution in [0.1, 0.15) is 63.8 Å². The summed E-state index contributed by atoms with van der Waals surface area (Å²) in [7, 11) is 0. The number of carbonyl (C=O) groups is 1. The number of aromatic hydroxyl groups is 2. The molecule has 150 valence electrons. The standard InChI is InChI=1S/C23H30N2O3/c1-22(2,3)18-11-16(12-19(21(18)28)23(4,5)6)14-24-25-20(27)13-15-8-7-9-17(26)10-15/h7-12,14,26,28H,13H2,1-6H3,(H,25,27)/b24-14+. The Morgan fingerprint density at radius 1 is 1.00 bits per heavy atom. The summed E-state index contributed by atoms with van der Waals surface area (Å²) < 4.78 is 0. The summed E-state index contributed by atoms with van der Waals surface area (Å²) in [5, 5.41) is 24.3. The van der Waals surface area contributed by atoms with Crippen LogP contribution in [0, 0.1) is 0 Å². The molecule has 5 nitrogen and oxygen atoms in total. The number of carbonyl (C=O) groups excluding carboxylic acids is 1. The van der Waals surface area contributed by atoms with Crippen LogP contribution in [-0.4, -0.2) is 22.3 Å². The molecule has 0 aliphatic carbocycles. The third kappa shape index (κ3) is 5.59. The molecule has 0 bridgehead atoms. The van der Waals surface area contributed by atoms with Gasteiger partial charge in [0.25, 0.3) is 0 Å². The number of phenolic OH excluding ortho intramolecular Hbond substituents is 2. The Morgan fingerprint density at radius 2 is 1.57 bits per heavy atom. The SMILES string of the molecule is CC(C)(C)c1cc(/C=N/NC(=O)Cc2cccc(O)c2)cc(C(C)(C)C)c1O. The Hall–Kier alpha value is -2.82. The summed E-state index contributed by atoms with van der Waals surface area (Å²) in [5.41, 5.74) is 5.26. The van der Waals surface area contributed by atoms with Gasteiger partial charge in [0.05, 0.1) is 12.6 Å². The van der Waals surface area contributed by atoms with Crippen LogP contribution < -0.4 is 5.43 Å². The second kappa shape index (κ2) is 8.05. The van der Waals surface area contributed by atoms with Crippen LogP contribution in [-0.2, 0) is 22.0 Å². The molecule has 0 unspecified atom stereocenters. The molecule has 0 aromatic heterocycles. The smallest absolute Gasteiger partial charge is 0.244 e. The Morgan fingerprint density at radius 3 is 2.07 bits per heavy atom. The quantitative estimate of drug-likeness (QED) is 0.542. The average Bonchev–Trinajstić information content (AvgIpc) is 2.54. The van der Waals surface area contributed by atoms with E-state index in [9.17, 15) is 15.0 Å². The van der Waals surface area contributed by atoms with Crippen molar-refractivity contribution in [3.05, 3.63) is 58.7 Å². The van der Waals surface area contributed by atoms with Gasteiger partial charge in [-0.25, -0.2) is 5.43 Å². The minimum absolute atomic E-state index is 0.127. The lowest BCUT2D eigenvalue weighted by Gasteiger charge is -2.27. The predicted molar refractivity (Wildman–Crippen MR) is 113 cm³/mol. The summed E-state index contributed by atoms with van der Waals surface area (Å²) >= 11 is 0. The molecule has 0 heterocycles. The molecule has 0 spiro atoms. The summed E-state index contributed by atoms with van der Waals surface area (Å²) in [6.07, 6.45) is 1.71. The van der Waals surface area contributed by atoms with Crippen molar-refractivity contribution in [2.45, 2.75) is 58.8 Å². The van der Waals surface area contributed by atoms with Gasteiger partial charge in [0.15, 0.2) is 0 Å². The van der Waals surface area contributed by atoms with Gasteiger partial charge < -0.3 is 10.2 Å². The molecule has 2 aromatic carbocycles. The number of benzene rings is 2. The Bertz CT molecular complexity index is 852. The van der Waals surface area contributed by atoms with Gasteiger partial charge in [-0.2, -0.15) is 5.10 Å². The first-order chi connectivity index (χ1) is 12.9. The van der Waals surface area contributed by atoms with Crippen LogP contribution in [0.4, 0.5) is 0 Å². The number of hydrogen-bond acceptors (Lipinski definition) is 4. The Labute approximate surface area is 167 Å². The molecule has 2 rings (SSSR count). The van der Waals surface area contributed by atoms with E-state index in [0.29, 0.717) is 11.3 Å². The molecular formula is C23H30N2O3. The number of rotatable bonds is 4. The fraction of sp³-hybridized carbons (Fsp3) is 0.391. The molecule has 0 radical (unpaired) electrons. The molecule has 5 heteroatoms. The summed E-state index contributed by atoms with van der Waals surface area (Å²) in [5.74, 6) is 0.167. The van der Waals surface area contributed by atoms with E-state index in [1.165, 1.54) is 0 Å². The van der Waals surface area contributed by atoms with Crippen molar-refractivity contribution < 1.29 is 15.0 Å². The van der Waals surface area contributed by atoms with Crippen molar-refractivity contribution in [3.8, 4) is 11.5 Å². The average molecular weight is 383 g/mol. The first kappa shape index (κ1) is 21.5. The van der Waals surface area contributed by atoms with E-state index >= 15 is 0 Å². The van der Waals surface area contributed by atoms with Gasteiger partial charge in [-0.3, -0.25) is 4.79 Å². The fourth-order valence-electron chi connectivity index (χ4n) is 2.94. The normalized spacial score (nSPS) is 12.4. The van der Waals surface area contributed by atoms with E-state index in [-0.39, 0.29) is 28.9 Å². The minimum Gasteiger partial charge on any atom is -0.508 e. The zero-order valence-corrected chi connectivity index (χ0v) is 17.5. The number of nitrogens with zero attached hydrogens (tertiary/aromatic N) is 1. The van der Waals surface area contributed by atoms with Crippen molar-refractivity contribution in [1.29, 1.82) is 0 Å². The van der Waals surface area contributed by atoms with Crippen LogP contribution in [0.25, 0.3) is 0 Å². The number of phenols is 2. The lowest BCUT2D eigenvalue weighted by molar-refractivity contribution is -0.120. The summed E-state index contributed by atoms with van der Waals surface area (Å²) in [6, 6.07) is 10.4. The van der Waals surface area contributed by atoms with Crippen molar-refractivity contribution in [2.24, 2.45) is 5.10 Å². The first-order valence-electron chi connectivity index (χ1n) is 9.35. The highest BCUT2D eigenvalue weighted by Gasteiger charge is 2.26. The zero-order chi connectivity index (χ0) is 21.1. The largest absolute Gasteiger partial charge is 0.508 e. The van der Waals surface area contributed by atoms with Crippen molar-refractivity contribution in [2.75, 3.05) is 0 Å². The van der Waals surface area contributed by atoms with Crippen LogP contribution in [0.15, 0.2) is 41.5 Å². The maximum Gasteiger partial charge on any atom is 0.244 e. The molecule has 0 aliphatic rings. The maximum atomic E-state index is 12.1. The highest BCUT2D eigenvalue weighted by Crippen LogP contribution is 2.39. The molecule has 3 N–H and O–H groups in total. The Kier molecular flexibility index (Phi) is 6.17. The molecular weight excluding hydrogens is 352 g/mol. The molecule has 0 atom stereocenters. The predicted octanol–water partition coefficient (Wildman–Crippen LogP) is 4.39. The van der Waals surface area contributed by atoms with Crippen LogP contribution >= 0.6 is 0 Å². The van der Waals surface area contributed by atoms with Gasteiger partial charge in [0.2, 0.25) is 5.91 Å². The van der Waals surface area contributed by atoms with E-state index in [1.807, 2.05) is 53.7 Å². The molecule has 0 saturated heterocycles. The van der Waals surface area contributed by atoms with Gasteiger partial charge in [0.1, 0.15) is 11.5 Å².